The van der Waals surface area contributed by atoms with Crippen molar-refractivity contribution in [2.24, 2.45) is 5.41 Å². The van der Waals surface area contributed by atoms with Gasteiger partial charge in [0.15, 0.2) is 0 Å². The highest BCUT2D eigenvalue weighted by Crippen LogP contribution is 2.33. The van der Waals surface area contributed by atoms with Crippen LogP contribution in [-0.2, 0) is 0 Å². The summed E-state index contributed by atoms with van der Waals surface area (Å²) in [7, 11) is 0. The second-order valence-corrected chi connectivity index (χ2v) is 7.39. The fourth-order valence-electron chi connectivity index (χ4n) is 4.00. The number of hydrogen-bond acceptors (Lipinski definition) is 3. The minimum atomic E-state index is -0.312. The van der Waals surface area contributed by atoms with Crippen LogP contribution in [0.25, 0.3) is 0 Å². The third kappa shape index (κ3) is 3.62. The summed E-state index contributed by atoms with van der Waals surface area (Å²) in [6, 6.07) is 4.32. The molecule has 0 aliphatic carbocycles. The summed E-state index contributed by atoms with van der Waals surface area (Å²) in [4.78, 5) is 17.0. The SMILES string of the molecule is Cc1cc(F)ccc1C(=O)N1CCC(CO)(CN2CCCC2)CC1. The number of likely N-dealkylation sites (tertiary alicyclic amines) is 2. The van der Waals surface area contributed by atoms with Gasteiger partial charge in [0.2, 0.25) is 0 Å². The van der Waals surface area contributed by atoms with Crippen LogP contribution >= 0.6 is 0 Å². The number of carbonyl (C=O) groups is 1. The van der Waals surface area contributed by atoms with Gasteiger partial charge in [0.05, 0.1) is 6.61 Å². The van der Waals surface area contributed by atoms with E-state index in [0.717, 1.165) is 32.5 Å². The number of aliphatic hydroxyl groups excluding tert-OH is 1. The molecule has 1 aromatic carbocycles. The predicted octanol–water partition coefficient (Wildman–Crippen LogP) is 2.44. The Morgan fingerprint density at radius 3 is 2.46 bits per heavy atom. The third-order valence-electron chi connectivity index (χ3n) is 5.62. The van der Waals surface area contributed by atoms with E-state index in [9.17, 15) is 14.3 Å². The number of aliphatic hydroxyl groups is 1. The zero-order valence-corrected chi connectivity index (χ0v) is 14.4. The van der Waals surface area contributed by atoms with Crippen LogP contribution in [0.1, 0.15) is 41.6 Å². The van der Waals surface area contributed by atoms with Crippen molar-refractivity contribution in [2.75, 3.05) is 39.3 Å². The molecule has 0 spiro atoms. The van der Waals surface area contributed by atoms with E-state index >= 15 is 0 Å². The number of carbonyl (C=O) groups excluding carboxylic acids is 1. The maximum absolute atomic E-state index is 13.2. The number of nitrogens with zero attached hydrogens (tertiary/aromatic N) is 2. The van der Waals surface area contributed by atoms with Gasteiger partial charge in [0.1, 0.15) is 5.82 Å². The molecule has 1 aromatic rings. The molecule has 2 heterocycles. The normalized spacial score (nSPS) is 21.2. The molecule has 24 heavy (non-hydrogen) atoms. The zero-order chi connectivity index (χ0) is 17.2. The van der Waals surface area contributed by atoms with Gasteiger partial charge in [-0.25, -0.2) is 4.39 Å². The Morgan fingerprint density at radius 1 is 1.21 bits per heavy atom. The summed E-state index contributed by atoms with van der Waals surface area (Å²) in [6.45, 7) is 6.44. The number of benzene rings is 1. The van der Waals surface area contributed by atoms with Crippen molar-refractivity contribution in [3.63, 3.8) is 0 Å². The Morgan fingerprint density at radius 2 is 1.88 bits per heavy atom. The number of rotatable bonds is 4. The molecule has 0 atom stereocenters. The molecule has 132 valence electrons. The first-order chi connectivity index (χ1) is 11.5. The average molecular weight is 334 g/mol. The van der Waals surface area contributed by atoms with Gasteiger partial charge in [0.25, 0.3) is 5.91 Å². The third-order valence-corrected chi connectivity index (χ3v) is 5.62. The van der Waals surface area contributed by atoms with Gasteiger partial charge < -0.3 is 14.9 Å². The van der Waals surface area contributed by atoms with Crippen LogP contribution in [0.3, 0.4) is 0 Å². The van der Waals surface area contributed by atoms with Crippen LogP contribution in [0.2, 0.25) is 0 Å². The molecule has 5 heteroatoms. The highest BCUT2D eigenvalue weighted by Gasteiger charge is 2.37. The first-order valence-corrected chi connectivity index (χ1v) is 8.92. The summed E-state index contributed by atoms with van der Waals surface area (Å²) in [5, 5.41) is 9.95. The van der Waals surface area contributed by atoms with Gasteiger partial charge in [-0.1, -0.05) is 0 Å². The Balaban J connectivity index is 1.63. The van der Waals surface area contributed by atoms with Crippen molar-refractivity contribution in [3.05, 3.63) is 35.1 Å². The Bertz CT molecular complexity index is 591. The molecule has 2 fully saturated rings. The fourth-order valence-corrected chi connectivity index (χ4v) is 4.00. The van der Waals surface area contributed by atoms with E-state index in [4.69, 9.17) is 0 Å². The van der Waals surface area contributed by atoms with Gasteiger partial charge in [-0.15, -0.1) is 0 Å². The van der Waals surface area contributed by atoms with Gasteiger partial charge in [-0.3, -0.25) is 4.79 Å². The van der Waals surface area contributed by atoms with Crippen molar-refractivity contribution in [3.8, 4) is 0 Å². The first-order valence-electron chi connectivity index (χ1n) is 8.92. The smallest absolute Gasteiger partial charge is 0.254 e. The van der Waals surface area contributed by atoms with Crippen molar-refractivity contribution in [1.82, 2.24) is 9.80 Å². The van der Waals surface area contributed by atoms with Gasteiger partial charge in [-0.2, -0.15) is 0 Å². The van der Waals surface area contributed by atoms with Crippen LogP contribution in [0, 0.1) is 18.2 Å². The molecule has 0 saturated carbocycles. The lowest BCUT2D eigenvalue weighted by molar-refractivity contribution is 0.0179. The van der Waals surface area contributed by atoms with E-state index in [0.29, 0.717) is 24.2 Å². The van der Waals surface area contributed by atoms with Crippen LogP contribution in [0.5, 0.6) is 0 Å². The molecule has 0 radical (unpaired) electrons. The molecule has 2 aliphatic heterocycles. The molecule has 0 aromatic heterocycles. The number of hydrogen-bond donors (Lipinski definition) is 1. The summed E-state index contributed by atoms with van der Waals surface area (Å²) in [6.07, 6.45) is 4.14. The topological polar surface area (TPSA) is 43.8 Å². The molecule has 2 aliphatic rings. The monoisotopic (exact) mass is 334 g/mol. The van der Waals surface area contributed by atoms with Gasteiger partial charge in [-0.05, 0) is 69.5 Å². The van der Waals surface area contributed by atoms with Crippen LogP contribution in [-0.4, -0.2) is 60.1 Å². The standard InChI is InChI=1S/C19H27FN2O2/c1-15-12-16(20)4-5-17(15)18(24)22-10-6-19(14-23,7-11-22)13-21-8-2-3-9-21/h4-5,12,23H,2-3,6-11,13-14H2,1H3. The molecule has 4 nitrogen and oxygen atoms in total. The Kier molecular flexibility index (Phi) is 5.21. The summed E-state index contributed by atoms with van der Waals surface area (Å²) in [5.41, 5.74) is 1.17. The number of aryl methyl sites for hydroxylation is 1. The fraction of sp³-hybridized carbons (Fsp3) is 0.632. The van der Waals surface area contributed by atoms with Gasteiger partial charge >= 0.3 is 0 Å². The van der Waals surface area contributed by atoms with E-state index in [1.54, 1.807) is 13.0 Å². The second-order valence-electron chi connectivity index (χ2n) is 7.39. The number of halogens is 1. The van der Waals surface area contributed by atoms with Gasteiger partial charge in [0, 0.05) is 30.6 Å². The molecule has 0 bridgehead atoms. The highest BCUT2D eigenvalue weighted by atomic mass is 19.1. The van der Waals surface area contributed by atoms with E-state index in [-0.39, 0.29) is 23.7 Å². The first kappa shape index (κ1) is 17.4. The molecule has 2 saturated heterocycles. The minimum Gasteiger partial charge on any atom is -0.396 e. The van der Waals surface area contributed by atoms with Crippen molar-refractivity contribution in [1.29, 1.82) is 0 Å². The van der Waals surface area contributed by atoms with Crippen molar-refractivity contribution < 1.29 is 14.3 Å². The molecular formula is C19H27FN2O2. The Labute approximate surface area is 143 Å². The highest BCUT2D eigenvalue weighted by molar-refractivity contribution is 5.95. The summed E-state index contributed by atoms with van der Waals surface area (Å²) in [5.74, 6) is -0.340. The maximum Gasteiger partial charge on any atom is 0.254 e. The molecule has 3 rings (SSSR count). The van der Waals surface area contributed by atoms with Crippen LogP contribution in [0.15, 0.2) is 18.2 Å². The summed E-state index contributed by atoms with van der Waals surface area (Å²) < 4.78 is 13.2. The lowest BCUT2D eigenvalue weighted by Crippen LogP contribution is -2.49. The van der Waals surface area contributed by atoms with E-state index in [1.807, 2.05) is 4.90 Å². The van der Waals surface area contributed by atoms with E-state index in [1.165, 1.54) is 25.0 Å². The van der Waals surface area contributed by atoms with E-state index < -0.39 is 0 Å². The molecule has 0 unspecified atom stereocenters. The summed E-state index contributed by atoms with van der Waals surface area (Å²) >= 11 is 0. The second kappa shape index (κ2) is 7.19. The van der Waals surface area contributed by atoms with Crippen molar-refractivity contribution >= 4 is 5.91 Å². The zero-order valence-electron chi connectivity index (χ0n) is 14.4. The largest absolute Gasteiger partial charge is 0.396 e. The molecular weight excluding hydrogens is 307 g/mol. The van der Waals surface area contributed by atoms with Crippen LogP contribution < -0.4 is 0 Å². The molecule has 1 N–H and O–H groups in total. The number of amides is 1. The average Bonchev–Trinajstić information content (AvgIpc) is 3.08. The van der Waals surface area contributed by atoms with E-state index in [2.05, 4.69) is 4.90 Å². The lowest BCUT2D eigenvalue weighted by atomic mass is 9.78. The maximum atomic E-state index is 13.2. The Hall–Kier alpha value is -1.46. The molecule has 1 amide bonds. The van der Waals surface area contributed by atoms with Crippen molar-refractivity contribution in [2.45, 2.75) is 32.6 Å². The van der Waals surface area contributed by atoms with Crippen LogP contribution in [0.4, 0.5) is 4.39 Å². The number of piperidine rings is 1. The quantitative estimate of drug-likeness (QED) is 0.920. The minimum absolute atomic E-state index is 0.0276. The lowest BCUT2D eigenvalue weighted by Gasteiger charge is -2.42. The predicted molar refractivity (Wildman–Crippen MR) is 91.5 cm³/mol.